The molecule has 0 N–H and O–H groups in total. The van der Waals surface area contributed by atoms with Gasteiger partial charge in [0.25, 0.3) is 0 Å². The lowest BCUT2D eigenvalue weighted by molar-refractivity contribution is 0.291. The van der Waals surface area contributed by atoms with Crippen molar-refractivity contribution in [1.82, 2.24) is 0 Å². The van der Waals surface area contributed by atoms with E-state index in [1.54, 1.807) is 18.2 Å². The van der Waals surface area contributed by atoms with Gasteiger partial charge in [0.05, 0.1) is 6.61 Å². The van der Waals surface area contributed by atoms with Gasteiger partial charge in [-0.3, -0.25) is 0 Å². The maximum Gasteiger partial charge on any atom is 0.346 e. The molecular formula is C28H39FO3. The zero-order chi connectivity index (χ0) is 23.0. The van der Waals surface area contributed by atoms with Crippen LogP contribution in [0.5, 0.6) is 5.75 Å². The highest BCUT2D eigenvalue weighted by atomic mass is 19.1. The van der Waals surface area contributed by atoms with E-state index in [0.29, 0.717) is 24.2 Å². The molecule has 0 unspecified atom stereocenters. The predicted molar refractivity (Wildman–Crippen MR) is 132 cm³/mol. The highest BCUT2D eigenvalue weighted by Gasteiger charge is 2.14. The van der Waals surface area contributed by atoms with Crippen molar-refractivity contribution in [2.45, 2.75) is 90.4 Å². The van der Waals surface area contributed by atoms with Gasteiger partial charge < -0.3 is 9.15 Å². The highest BCUT2D eigenvalue weighted by Crippen LogP contribution is 2.25. The second kappa shape index (κ2) is 15.4. The third-order valence-corrected chi connectivity index (χ3v) is 5.65. The molecule has 0 saturated carbocycles. The summed E-state index contributed by atoms with van der Waals surface area (Å²) in [6, 6.07) is 5.11. The largest absolute Gasteiger partial charge is 0.490 e. The van der Waals surface area contributed by atoms with Crippen molar-refractivity contribution in [2.24, 2.45) is 0 Å². The summed E-state index contributed by atoms with van der Waals surface area (Å²) in [5.41, 5.74) is -0.640. The molecule has 2 rings (SSSR count). The molecule has 0 aliphatic heterocycles. The van der Waals surface area contributed by atoms with E-state index in [4.69, 9.17) is 9.15 Å². The fourth-order valence-corrected chi connectivity index (χ4v) is 3.78. The number of hydrogen-bond donors (Lipinski definition) is 0. The molecule has 176 valence electrons. The van der Waals surface area contributed by atoms with E-state index in [1.807, 2.05) is 6.08 Å². The molecule has 1 aromatic carbocycles. The second-order valence-corrected chi connectivity index (χ2v) is 8.40. The van der Waals surface area contributed by atoms with Gasteiger partial charge in [-0.1, -0.05) is 82.6 Å². The molecule has 4 heteroatoms. The molecular weight excluding hydrogens is 403 g/mol. The van der Waals surface area contributed by atoms with Gasteiger partial charge in [0, 0.05) is 6.42 Å². The lowest BCUT2D eigenvalue weighted by atomic mass is 10.1. The van der Waals surface area contributed by atoms with Crippen LogP contribution in [0.1, 0.15) is 89.7 Å². The summed E-state index contributed by atoms with van der Waals surface area (Å²) in [4.78, 5) is 12.4. The van der Waals surface area contributed by atoms with Crippen LogP contribution in [0.4, 0.5) is 4.39 Å². The minimum absolute atomic E-state index is 0.0279. The van der Waals surface area contributed by atoms with Crippen molar-refractivity contribution >= 4 is 10.8 Å². The summed E-state index contributed by atoms with van der Waals surface area (Å²) in [6.07, 6.45) is 20.3. The van der Waals surface area contributed by atoms with Crippen LogP contribution in [0.25, 0.3) is 10.8 Å². The van der Waals surface area contributed by atoms with Crippen LogP contribution in [0.15, 0.2) is 52.2 Å². The van der Waals surface area contributed by atoms with E-state index in [-0.39, 0.29) is 11.1 Å². The summed E-state index contributed by atoms with van der Waals surface area (Å²) < 4.78 is 25.8. The lowest BCUT2D eigenvalue weighted by Crippen LogP contribution is -2.07. The number of hydrogen-bond acceptors (Lipinski definition) is 3. The number of allylic oxidation sites excluding steroid dienone is 3. The van der Waals surface area contributed by atoms with Crippen LogP contribution in [0, 0.1) is 5.82 Å². The van der Waals surface area contributed by atoms with E-state index < -0.39 is 11.4 Å². The number of aryl methyl sites for hydroxylation is 1. The molecule has 0 atom stereocenters. The van der Waals surface area contributed by atoms with Gasteiger partial charge in [-0.15, -0.1) is 6.58 Å². The van der Waals surface area contributed by atoms with Gasteiger partial charge in [0.1, 0.15) is 11.1 Å². The quantitative estimate of drug-likeness (QED) is 0.183. The Kier molecular flexibility index (Phi) is 12.5. The summed E-state index contributed by atoms with van der Waals surface area (Å²) in [5, 5.41) is 0.527. The smallest absolute Gasteiger partial charge is 0.346 e. The Hall–Kier alpha value is -2.36. The monoisotopic (exact) mass is 442 g/mol. The molecule has 2 aromatic rings. The Labute approximate surface area is 192 Å². The molecule has 3 nitrogen and oxygen atoms in total. The molecule has 0 spiro atoms. The topological polar surface area (TPSA) is 39.4 Å². The van der Waals surface area contributed by atoms with Gasteiger partial charge in [0.2, 0.25) is 0 Å². The summed E-state index contributed by atoms with van der Waals surface area (Å²) in [5.74, 6) is 0.0731. The molecule has 1 heterocycles. The van der Waals surface area contributed by atoms with E-state index in [9.17, 15) is 9.18 Å². The molecule has 0 radical (unpaired) electrons. The van der Waals surface area contributed by atoms with Crippen molar-refractivity contribution in [3.63, 3.8) is 0 Å². The number of unbranched alkanes of at least 4 members (excludes halogenated alkanes) is 9. The number of halogens is 1. The zero-order valence-corrected chi connectivity index (χ0v) is 19.7. The van der Waals surface area contributed by atoms with Crippen LogP contribution in [0.2, 0.25) is 0 Å². The Balaban J connectivity index is 1.81. The average Bonchev–Trinajstić information content (AvgIpc) is 2.78. The Morgan fingerprint density at radius 3 is 2.38 bits per heavy atom. The first-order valence-corrected chi connectivity index (χ1v) is 12.3. The van der Waals surface area contributed by atoms with Gasteiger partial charge >= 0.3 is 5.63 Å². The number of rotatable bonds is 17. The molecule has 0 amide bonds. The molecule has 0 fully saturated rings. The summed E-state index contributed by atoms with van der Waals surface area (Å²) in [7, 11) is 0. The van der Waals surface area contributed by atoms with E-state index >= 15 is 0 Å². The SMILES string of the molecule is C=CCC/C=C/CCc1cc2ccc(OCCCCCCCCCCC)c(F)c2c(=O)o1. The molecule has 1 aromatic heterocycles. The zero-order valence-electron chi connectivity index (χ0n) is 19.7. The summed E-state index contributed by atoms with van der Waals surface area (Å²) >= 11 is 0. The number of fused-ring (bicyclic) bond motifs is 1. The number of ether oxygens (including phenoxy) is 1. The van der Waals surface area contributed by atoms with Gasteiger partial charge in [-0.25, -0.2) is 9.18 Å². The first-order chi connectivity index (χ1) is 15.7. The molecule has 0 bridgehead atoms. The van der Waals surface area contributed by atoms with Crippen LogP contribution in [0.3, 0.4) is 0 Å². The molecule has 0 aliphatic rings. The van der Waals surface area contributed by atoms with Crippen molar-refractivity contribution in [1.29, 1.82) is 0 Å². The minimum Gasteiger partial charge on any atom is -0.490 e. The minimum atomic E-state index is -0.640. The average molecular weight is 443 g/mol. The van der Waals surface area contributed by atoms with Crippen LogP contribution < -0.4 is 10.4 Å². The van der Waals surface area contributed by atoms with Crippen LogP contribution >= 0.6 is 0 Å². The third kappa shape index (κ3) is 9.02. The highest BCUT2D eigenvalue weighted by molar-refractivity contribution is 5.83. The Bertz CT molecular complexity index is 897. The fraction of sp³-hybridized carbons (Fsp3) is 0.536. The first kappa shape index (κ1) is 25.9. The van der Waals surface area contributed by atoms with Crippen LogP contribution in [-0.4, -0.2) is 6.61 Å². The van der Waals surface area contributed by atoms with E-state index in [2.05, 4.69) is 25.7 Å². The van der Waals surface area contributed by atoms with E-state index in [1.165, 1.54) is 44.9 Å². The second-order valence-electron chi connectivity index (χ2n) is 8.40. The molecule has 0 aliphatic carbocycles. The van der Waals surface area contributed by atoms with E-state index in [0.717, 1.165) is 32.1 Å². The van der Waals surface area contributed by atoms with Crippen LogP contribution in [-0.2, 0) is 6.42 Å². The lowest BCUT2D eigenvalue weighted by Gasteiger charge is -2.09. The predicted octanol–water partition coefficient (Wildman–Crippen LogP) is 8.30. The molecule has 0 saturated heterocycles. The third-order valence-electron chi connectivity index (χ3n) is 5.65. The first-order valence-electron chi connectivity index (χ1n) is 12.3. The van der Waals surface area contributed by atoms with Crippen molar-refractivity contribution in [2.75, 3.05) is 6.61 Å². The number of benzene rings is 1. The standard InChI is InChI=1S/C28H39FO3/c1-3-5-7-9-11-12-13-15-17-21-31-25-20-19-23-22-24(18-16-14-10-8-6-4-2)32-28(30)26(23)27(25)29/h4,10,14,19-20,22H,2-3,5-9,11-13,15-18,21H2,1H3/b14-10+. The maximum absolute atomic E-state index is 14.9. The van der Waals surface area contributed by atoms with Crippen molar-refractivity contribution in [3.05, 3.63) is 65.0 Å². The van der Waals surface area contributed by atoms with Gasteiger partial charge in [0.15, 0.2) is 11.6 Å². The van der Waals surface area contributed by atoms with Crippen molar-refractivity contribution in [3.8, 4) is 5.75 Å². The molecule has 32 heavy (non-hydrogen) atoms. The Morgan fingerprint density at radius 2 is 1.66 bits per heavy atom. The van der Waals surface area contributed by atoms with Gasteiger partial charge in [-0.2, -0.15) is 0 Å². The maximum atomic E-state index is 14.9. The summed E-state index contributed by atoms with van der Waals surface area (Å²) in [6.45, 7) is 6.39. The van der Waals surface area contributed by atoms with Crippen molar-refractivity contribution < 1.29 is 13.5 Å². The van der Waals surface area contributed by atoms with Gasteiger partial charge in [-0.05, 0) is 43.2 Å². The normalized spacial score (nSPS) is 11.4. The fourth-order valence-electron chi connectivity index (χ4n) is 3.78. The Morgan fingerprint density at radius 1 is 0.969 bits per heavy atom.